The van der Waals surface area contributed by atoms with Crippen molar-refractivity contribution in [2.75, 3.05) is 13.2 Å². The van der Waals surface area contributed by atoms with E-state index in [1.807, 2.05) is 12.1 Å². The number of rotatable bonds is 4. The third-order valence-electron chi connectivity index (χ3n) is 4.83. The number of hydrogen-bond acceptors (Lipinski definition) is 3. The first kappa shape index (κ1) is 14.5. The highest BCUT2D eigenvalue weighted by molar-refractivity contribution is 5.62. The lowest BCUT2D eigenvalue weighted by atomic mass is 9.92. The van der Waals surface area contributed by atoms with Crippen molar-refractivity contribution in [3.05, 3.63) is 52.9 Å². The summed E-state index contributed by atoms with van der Waals surface area (Å²) >= 11 is 0. The fraction of sp³-hybridized carbons (Fsp3) is 0.421. The number of nitrogens with one attached hydrogen (secondary N) is 1. The Morgan fingerprint density at radius 2 is 2.26 bits per heavy atom. The van der Waals surface area contributed by atoms with E-state index in [0.717, 1.165) is 25.3 Å². The molecule has 2 aliphatic rings. The average molecular weight is 309 g/mol. The van der Waals surface area contributed by atoms with Gasteiger partial charge in [-0.2, -0.15) is 5.10 Å². The van der Waals surface area contributed by atoms with E-state index in [9.17, 15) is 0 Å². The number of benzene rings is 1. The molecule has 1 aliphatic heterocycles. The molecule has 0 radical (unpaired) electrons. The van der Waals surface area contributed by atoms with Gasteiger partial charge in [0.2, 0.25) is 0 Å². The molecule has 0 saturated heterocycles. The van der Waals surface area contributed by atoms with Gasteiger partial charge in [0, 0.05) is 36.0 Å². The van der Waals surface area contributed by atoms with Crippen molar-refractivity contribution < 1.29 is 4.74 Å². The molecule has 1 aliphatic carbocycles. The minimum absolute atomic E-state index is 0.414. The molecule has 0 bridgehead atoms. The van der Waals surface area contributed by atoms with Gasteiger partial charge in [0.15, 0.2) is 0 Å². The summed E-state index contributed by atoms with van der Waals surface area (Å²) in [6.45, 7) is 4.66. The summed E-state index contributed by atoms with van der Waals surface area (Å²) in [4.78, 5) is 0. The standard InChI is InChI=1S/C19H23N3O/c1-2-22-18-8-5-7-17(16(18)12-21-22)20-11-14-10-15-6-3-4-9-19(15)23-13-14/h3-4,6,9-10,12,17,20H,2,5,7-8,11,13H2,1H3/t17-/m1/s1. The van der Waals surface area contributed by atoms with Gasteiger partial charge >= 0.3 is 0 Å². The lowest BCUT2D eigenvalue weighted by Gasteiger charge is -2.26. The second kappa shape index (κ2) is 6.20. The van der Waals surface area contributed by atoms with Crippen molar-refractivity contribution in [1.29, 1.82) is 0 Å². The van der Waals surface area contributed by atoms with E-state index in [1.165, 1.54) is 35.2 Å². The van der Waals surface area contributed by atoms with Crippen molar-refractivity contribution >= 4 is 6.08 Å². The van der Waals surface area contributed by atoms with Gasteiger partial charge in [-0.25, -0.2) is 0 Å². The van der Waals surface area contributed by atoms with Gasteiger partial charge in [-0.15, -0.1) is 0 Å². The Labute approximate surface area is 137 Å². The number of aromatic nitrogens is 2. The summed E-state index contributed by atoms with van der Waals surface area (Å²) in [5.74, 6) is 0.987. The van der Waals surface area contributed by atoms with Crippen LogP contribution in [0.5, 0.6) is 5.75 Å². The van der Waals surface area contributed by atoms with E-state index in [4.69, 9.17) is 4.74 Å². The summed E-state index contributed by atoms with van der Waals surface area (Å²) in [6.07, 6.45) is 7.88. The van der Waals surface area contributed by atoms with Gasteiger partial charge in [0.05, 0.1) is 6.20 Å². The minimum Gasteiger partial charge on any atom is -0.489 e. The van der Waals surface area contributed by atoms with Gasteiger partial charge in [0.25, 0.3) is 0 Å². The van der Waals surface area contributed by atoms with Crippen LogP contribution in [0.25, 0.3) is 6.08 Å². The molecular weight excluding hydrogens is 286 g/mol. The lowest BCUT2D eigenvalue weighted by molar-refractivity contribution is 0.339. The third-order valence-corrected chi connectivity index (χ3v) is 4.83. The van der Waals surface area contributed by atoms with E-state index >= 15 is 0 Å². The summed E-state index contributed by atoms with van der Waals surface area (Å²) in [6, 6.07) is 8.63. The number of hydrogen-bond donors (Lipinski definition) is 1. The maximum Gasteiger partial charge on any atom is 0.127 e. The quantitative estimate of drug-likeness (QED) is 0.941. The number of para-hydroxylation sites is 1. The summed E-state index contributed by atoms with van der Waals surface area (Å²) in [5, 5.41) is 8.24. The fourth-order valence-electron chi connectivity index (χ4n) is 3.62. The predicted octanol–water partition coefficient (Wildman–Crippen LogP) is 3.35. The molecule has 1 atom stereocenters. The van der Waals surface area contributed by atoms with Gasteiger partial charge in [-0.1, -0.05) is 18.2 Å². The highest BCUT2D eigenvalue weighted by Gasteiger charge is 2.24. The molecule has 0 unspecified atom stereocenters. The molecule has 4 nitrogen and oxygen atoms in total. The van der Waals surface area contributed by atoms with Crippen LogP contribution in [-0.2, 0) is 13.0 Å². The van der Waals surface area contributed by atoms with E-state index < -0.39 is 0 Å². The number of ether oxygens (including phenoxy) is 1. The topological polar surface area (TPSA) is 39.1 Å². The largest absolute Gasteiger partial charge is 0.489 e. The first-order valence-corrected chi connectivity index (χ1v) is 8.54. The van der Waals surface area contributed by atoms with Crippen molar-refractivity contribution in [2.24, 2.45) is 0 Å². The molecule has 0 spiro atoms. The Morgan fingerprint density at radius 3 is 3.17 bits per heavy atom. The molecule has 1 aromatic carbocycles. The zero-order chi connectivity index (χ0) is 15.6. The minimum atomic E-state index is 0.414. The Kier molecular flexibility index (Phi) is 3.92. The molecule has 1 aromatic heterocycles. The molecule has 0 saturated carbocycles. The molecule has 4 heteroatoms. The molecule has 23 heavy (non-hydrogen) atoms. The summed E-state index contributed by atoms with van der Waals surface area (Å²) < 4.78 is 7.98. The number of fused-ring (bicyclic) bond motifs is 2. The maximum atomic E-state index is 5.84. The van der Waals surface area contributed by atoms with Crippen LogP contribution in [-0.4, -0.2) is 22.9 Å². The molecule has 120 valence electrons. The van der Waals surface area contributed by atoms with Gasteiger partial charge in [-0.3, -0.25) is 4.68 Å². The van der Waals surface area contributed by atoms with Crippen LogP contribution in [0.1, 0.15) is 42.6 Å². The zero-order valence-corrected chi connectivity index (χ0v) is 13.6. The van der Waals surface area contributed by atoms with Crippen LogP contribution in [0.4, 0.5) is 0 Å². The Hall–Kier alpha value is -2.07. The highest BCUT2D eigenvalue weighted by atomic mass is 16.5. The van der Waals surface area contributed by atoms with E-state index in [2.05, 4.69) is 46.4 Å². The van der Waals surface area contributed by atoms with Crippen molar-refractivity contribution in [3.8, 4) is 5.75 Å². The molecule has 4 rings (SSSR count). The van der Waals surface area contributed by atoms with Crippen LogP contribution in [0.2, 0.25) is 0 Å². The van der Waals surface area contributed by atoms with Gasteiger partial charge in [0.1, 0.15) is 12.4 Å². The highest BCUT2D eigenvalue weighted by Crippen LogP contribution is 2.30. The van der Waals surface area contributed by atoms with E-state index in [1.54, 1.807) is 0 Å². The monoisotopic (exact) mass is 309 g/mol. The lowest BCUT2D eigenvalue weighted by Crippen LogP contribution is -2.28. The zero-order valence-electron chi connectivity index (χ0n) is 13.6. The van der Waals surface area contributed by atoms with Gasteiger partial charge < -0.3 is 10.1 Å². The molecule has 1 N–H and O–H groups in total. The smallest absolute Gasteiger partial charge is 0.127 e. The normalized spacial score (nSPS) is 19.5. The van der Waals surface area contributed by atoms with Crippen LogP contribution in [0.3, 0.4) is 0 Å². The second-order valence-electron chi connectivity index (χ2n) is 6.32. The second-order valence-corrected chi connectivity index (χ2v) is 6.32. The van der Waals surface area contributed by atoms with Crippen LogP contribution in [0.15, 0.2) is 36.0 Å². The summed E-state index contributed by atoms with van der Waals surface area (Å²) in [5.41, 5.74) is 5.28. The number of nitrogens with zero attached hydrogens (tertiary/aromatic N) is 2. The Morgan fingerprint density at radius 1 is 1.35 bits per heavy atom. The van der Waals surface area contributed by atoms with Crippen molar-refractivity contribution in [2.45, 2.75) is 38.8 Å². The van der Waals surface area contributed by atoms with Crippen molar-refractivity contribution in [3.63, 3.8) is 0 Å². The third kappa shape index (κ3) is 2.79. The number of aryl methyl sites for hydroxylation is 1. The maximum absolute atomic E-state index is 5.84. The van der Waals surface area contributed by atoms with Crippen molar-refractivity contribution in [1.82, 2.24) is 15.1 Å². The van der Waals surface area contributed by atoms with Crippen LogP contribution >= 0.6 is 0 Å². The van der Waals surface area contributed by atoms with E-state index in [0.29, 0.717) is 12.6 Å². The summed E-state index contributed by atoms with van der Waals surface area (Å²) in [7, 11) is 0. The first-order valence-electron chi connectivity index (χ1n) is 8.54. The molecule has 2 aromatic rings. The first-order chi connectivity index (χ1) is 11.3. The van der Waals surface area contributed by atoms with E-state index in [-0.39, 0.29) is 0 Å². The fourth-order valence-corrected chi connectivity index (χ4v) is 3.62. The average Bonchev–Trinajstić information content (AvgIpc) is 3.03. The Bertz CT molecular complexity index is 732. The van der Waals surface area contributed by atoms with Gasteiger partial charge in [-0.05, 0) is 43.9 Å². The predicted molar refractivity (Wildman–Crippen MR) is 91.5 cm³/mol. The molecule has 0 fully saturated rings. The molecule has 0 amide bonds. The van der Waals surface area contributed by atoms with Crippen LogP contribution < -0.4 is 10.1 Å². The molecule has 2 heterocycles. The Balaban J connectivity index is 1.47. The van der Waals surface area contributed by atoms with Crippen LogP contribution in [0, 0.1) is 0 Å². The molecular formula is C19H23N3O. The SMILES string of the molecule is CCn1ncc2c1CCC[C@H]2NCC1=Cc2ccccc2OC1.